The van der Waals surface area contributed by atoms with Gasteiger partial charge in [-0.05, 0) is 36.2 Å². The maximum atomic E-state index is 12.6. The van der Waals surface area contributed by atoms with Crippen molar-refractivity contribution in [2.24, 2.45) is 11.8 Å². The third-order valence-electron chi connectivity index (χ3n) is 3.92. The summed E-state index contributed by atoms with van der Waals surface area (Å²) in [7, 11) is 1.52. The van der Waals surface area contributed by atoms with Crippen molar-refractivity contribution in [3.8, 4) is 11.5 Å². The standard InChI is InChI=1S/C22H28N2O4/c1-14(2)13-28-18-8-6-7-16(11-18)22(26)23-17-9-10-19(20(12-17)27-5)24-21(25)15(3)4/h6-12,14-15H,13H2,1-5H3,(H,23,26)(H,24,25). The Bertz CT molecular complexity index is 831. The largest absolute Gasteiger partial charge is 0.494 e. The first-order valence-electron chi connectivity index (χ1n) is 9.33. The van der Waals surface area contributed by atoms with Crippen LogP contribution in [0.5, 0.6) is 11.5 Å². The molecule has 0 saturated carbocycles. The Balaban J connectivity index is 2.11. The monoisotopic (exact) mass is 384 g/mol. The molecule has 0 bridgehead atoms. The second kappa shape index (κ2) is 9.78. The number of nitrogens with one attached hydrogen (secondary N) is 2. The first-order valence-corrected chi connectivity index (χ1v) is 9.33. The summed E-state index contributed by atoms with van der Waals surface area (Å²) in [5, 5.41) is 5.65. The van der Waals surface area contributed by atoms with Crippen LogP contribution in [-0.4, -0.2) is 25.5 Å². The van der Waals surface area contributed by atoms with E-state index in [2.05, 4.69) is 24.5 Å². The second-order valence-electron chi connectivity index (χ2n) is 7.25. The van der Waals surface area contributed by atoms with E-state index in [9.17, 15) is 9.59 Å². The van der Waals surface area contributed by atoms with Crippen LogP contribution in [0.25, 0.3) is 0 Å². The molecule has 0 atom stereocenters. The number of amides is 2. The fourth-order valence-corrected chi connectivity index (χ4v) is 2.34. The number of anilines is 2. The Morgan fingerprint density at radius 3 is 2.39 bits per heavy atom. The second-order valence-corrected chi connectivity index (χ2v) is 7.25. The van der Waals surface area contributed by atoms with Crippen LogP contribution >= 0.6 is 0 Å². The molecule has 2 N–H and O–H groups in total. The molecule has 0 saturated heterocycles. The van der Waals surface area contributed by atoms with Gasteiger partial charge in [-0.15, -0.1) is 0 Å². The van der Waals surface area contributed by atoms with Gasteiger partial charge < -0.3 is 20.1 Å². The van der Waals surface area contributed by atoms with Crippen molar-refractivity contribution in [3.63, 3.8) is 0 Å². The molecule has 0 radical (unpaired) electrons. The van der Waals surface area contributed by atoms with Gasteiger partial charge in [0.1, 0.15) is 11.5 Å². The lowest BCUT2D eigenvalue weighted by Gasteiger charge is -2.14. The van der Waals surface area contributed by atoms with Crippen molar-refractivity contribution in [3.05, 3.63) is 48.0 Å². The third-order valence-corrected chi connectivity index (χ3v) is 3.92. The van der Waals surface area contributed by atoms with Gasteiger partial charge in [-0.25, -0.2) is 0 Å². The van der Waals surface area contributed by atoms with Crippen LogP contribution in [0, 0.1) is 11.8 Å². The molecule has 0 unspecified atom stereocenters. The average molecular weight is 384 g/mol. The van der Waals surface area contributed by atoms with Crippen LogP contribution in [0.3, 0.4) is 0 Å². The normalized spacial score (nSPS) is 10.7. The molecule has 6 nitrogen and oxygen atoms in total. The highest BCUT2D eigenvalue weighted by atomic mass is 16.5. The number of rotatable bonds is 8. The molecular weight excluding hydrogens is 356 g/mol. The Morgan fingerprint density at radius 2 is 1.75 bits per heavy atom. The Hall–Kier alpha value is -3.02. The summed E-state index contributed by atoms with van der Waals surface area (Å²) in [6.07, 6.45) is 0. The fraction of sp³-hybridized carbons (Fsp3) is 0.364. The van der Waals surface area contributed by atoms with Crippen molar-refractivity contribution >= 4 is 23.2 Å². The van der Waals surface area contributed by atoms with Crippen molar-refractivity contribution in [1.82, 2.24) is 0 Å². The quantitative estimate of drug-likeness (QED) is 0.699. The molecule has 2 aromatic rings. The molecule has 0 fully saturated rings. The molecule has 2 aromatic carbocycles. The number of carbonyl (C=O) groups is 2. The predicted molar refractivity (Wildman–Crippen MR) is 111 cm³/mol. The third kappa shape index (κ3) is 6.01. The van der Waals surface area contributed by atoms with Crippen LogP contribution in [0.1, 0.15) is 38.1 Å². The van der Waals surface area contributed by atoms with Crippen molar-refractivity contribution < 1.29 is 19.1 Å². The zero-order chi connectivity index (χ0) is 20.7. The summed E-state index contributed by atoms with van der Waals surface area (Å²) in [6.45, 7) is 8.35. The van der Waals surface area contributed by atoms with E-state index in [-0.39, 0.29) is 17.7 Å². The zero-order valence-electron chi connectivity index (χ0n) is 17.0. The SMILES string of the molecule is COc1cc(NC(=O)c2cccc(OCC(C)C)c2)ccc1NC(=O)C(C)C. The summed E-state index contributed by atoms with van der Waals surface area (Å²) in [5.74, 6) is 1.03. The van der Waals surface area contributed by atoms with Gasteiger partial charge in [0.2, 0.25) is 5.91 Å². The van der Waals surface area contributed by atoms with Crippen LogP contribution in [0.4, 0.5) is 11.4 Å². The molecule has 150 valence electrons. The maximum absolute atomic E-state index is 12.6. The predicted octanol–water partition coefficient (Wildman–Crippen LogP) is 4.58. The van der Waals surface area contributed by atoms with Crippen LogP contribution in [0.15, 0.2) is 42.5 Å². The van der Waals surface area contributed by atoms with E-state index in [0.717, 1.165) is 0 Å². The molecule has 0 aliphatic rings. The van der Waals surface area contributed by atoms with Gasteiger partial charge in [-0.2, -0.15) is 0 Å². The van der Waals surface area contributed by atoms with Gasteiger partial charge in [0, 0.05) is 23.2 Å². The summed E-state index contributed by atoms with van der Waals surface area (Å²) in [4.78, 5) is 24.5. The van der Waals surface area contributed by atoms with E-state index >= 15 is 0 Å². The van der Waals surface area contributed by atoms with E-state index < -0.39 is 0 Å². The Labute approximate surface area is 166 Å². The lowest BCUT2D eigenvalue weighted by Crippen LogP contribution is -2.18. The number of carbonyl (C=O) groups excluding carboxylic acids is 2. The minimum Gasteiger partial charge on any atom is -0.494 e. The molecule has 6 heteroatoms. The minimum atomic E-state index is -0.254. The highest BCUT2D eigenvalue weighted by Crippen LogP contribution is 2.29. The van der Waals surface area contributed by atoms with E-state index in [4.69, 9.17) is 9.47 Å². The molecule has 28 heavy (non-hydrogen) atoms. The first kappa shape index (κ1) is 21.3. The van der Waals surface area contributed by atoms with Crippen molar-refractivity contribution in [1.29, 1.82) is 0 Å². The average Bonchev–Trinajstić information content (AvgIpc) is 2.67. The summed E-state index contributed by atoms with van der Waals surface area (Å²) < 4.78 is 11.0. The number of methoxy groups -OCH3 is 1. The fourth-order valence-electron chi connectivity index (χ4n) is 2.34. The molecule has 2 amide bonds. The highest BCUT2D eigenvalue weighted by molar-refractivity contribution is 6.05. The van der Waals surface area contributed by atoms with Gasteiger partial charge in [0.05, 0.1) is 19.4 Å². The van der Waals surface area contributed by atoms with Crippen LogP contribution in [0.2, 0.25) is 0 Å². The molecule has 0 spiro atoms. The summed E-state index contributed by atoms with van der Waals surface area (Å²) in [6, 6.07) is 12.2. The lowest BCUT2D eigenvalue weighted by atomic mass is 10.1. The number of ether oxygens (including phenoxy) is 2. The number of benzene rings is 2. The minimum absolute atomic E-state index is 0.103. The van der Waals surface area contributed by atoms with E-state index in [1.807, 2.05) is 19.9 Å². The Morgan fingerprint density at radius 1 is 1.00 bits per heavy atom. The number of hydrogen-bond donors (Lipinski definition) is 2. The van der Waals surface area contributed by atoms with Crippen molar-refractivity contribution in [2.45, 2.75) is 27.7 Å². The number of hydrogen-bond acceptors (Lipinski definition) is 4. The van der Waals surface area contributed by atoms with Gasteiger partial charge in [-0.1, -0.05) is 33.8 Å². The molecule has 0 aliphatic heterocycles. The lowest BCUT2D eigenvalue weighted by molar-refractivity contribution is -0.118. The summed E-state index contributed by atoms with van der Waals surface area (Å²) in [5.41, 5.74) is 1.62. The molecule has 0 aromatic heterocycles. The van der Waals surface area contributed by atoms with E-state index in [1.165, 1.54) is 7.11 Å². The van der Waals surface area contributed by atoms with Gasteiger partial charge >= 0.3 is 0 Å². The zero-order valence-corrected chi connectivity index (χ0v) is 17.0. The van der Waals surface area contributed by atoms with Crippen molar-refractivity contribution in [2.75, 3.05) is 24.4 Å². The molecular formula is C22H28N2O4. The maximum Gasteiger partial charge on any atom is 0.255 e. The van der Waals surface area contributed by atoms with Gasteiger partial charge in [0.25, 0.3) is 5.91 Å². The van der Waals surface area contributed by atoms with Gasteiger partial charge in [-0.3, -0.25) is 9.59 Å². The highest BCUT2D eigenvalue weighted by Gasteiger charge is 2.13. The Kier molecular flexibility index (Phi) is 7.44. The summed E-state index contributed by atoms with van der Waals surface area (Å²) >= 11 is 0. The van der Waals surface area contributed by atoms with Crippen LogP contribution in [-0.2, 0) is 4.79 Å². The van der Waals surface area contributed by atoms with E-state index in [1.54, 1.807) is 36.4 Å². The molecule has 2 rings (SSSR count). The molecule has 0 heterocycles. The molecule has 0 aliphatic carbocycles. The smallest absolute Gasteiger partial charge is 0.255 e. The first-order chi connectivity index (χ1) is 13.3. The van der Waals surface area contributed by atoms with E-state index in [0.29, 0.717) is 41.0 Å². The topological polar surface area (TPSA) is 76.7 Å². The van der Waals surface area contributed by atoms with Crippen LogP contribution < -0.4 is 20.1 Å². The van der Waals surface area contributed by atoms with Gasteiger partial charge in [0.15, 0.2) is 0 Å².